The normalized spacial score (nSPS) is 11.3. The lowest BCUT2D eigenvalue weighted by Gasteiger charge is -2.28. The van der Waals surface area contributed by atoms with E-state index < -0.39 is 5.60 Å². The van der Waals surface area contributed by atoms with Gasteiger partial charge in [-0.05, 0) is 39.0 Å². The van der Waals surface area contributed by atoms with Gasteiger partial charge >= 0.3 is 0 Å². The van der Waals surface area contributed by atoms with Crippen molar-refractivity contribution >= 4 is 21.8 Å². The number of methoxy groups -OCH3 is 1. The minimum atomic E-state index is -0.922. The van der Waals surface area contributed by atoms with Crippen LogP contribution in [0.2, 0.25) is 0 Å². The smallest absolute Gasteiger partial charge is 0.257 e. The second-order valence-corrected chi connectivity index (χ2v) is 5.89. The van der Waals surface area contributed by atoms with Gasteiger partial charge in [-0.3, -0.25) is 4.79 Å². The molecule has 4 nitrogen and oxygen atoms in total. The van der Waals surface area contributed by atoms with Crippen LogP contribution in [0, 0.1) is 0 Å². The van der Waals surface area contributed by atoms with Crippen LogP contribution in [0.15, 0.2) is 22.7 Å². The Kier molecular flexibility index (Phi) is 5.38. The van der Waals surface area contributed by atoms with Crippen LogP contribution in [0.4, 0.5) is 0 Å². The Hall–Kier alpha value is -1.07. The molecule has 1 N–H and O–H groups in total. The highest BCUT2D eigenvalue weighted by atomic mass is 79.9. The molecule has 1 amide bonds. The molecule has 0 atom stereocenters. The fraction of sp³-hybridized carbons (Fsp3) is 0.500. The van der Waals surface area contributed by atoms with Crippen molar-refractivity contribution in [2.24, 2.45) is 0 Å². The Labute approximate surface area is 122 Å². The van der Waals surface area contributed by atoms with E-state index in [0.29, 0.717) is 17.9 Å². The van der Waals surface area contributed by atoms with Gasteiger partial charge < -0.3 is 14.7 Å². The predicted molar refractivity (Wildman–Crippen MR) is 78.6 cm³/mol. The molecule has 0 radical (unpaired) electrons. The van der Waals surface area contributed by atoms with E-state index in [9.17, 15) is 9.90 Å². The van der Waals surface area contributed by atoms with Crippen LogP contribution >= 0.6 is 15.9 Å². The molecule has 0 heterocycles. The van der Waals surface area contributed by atoms with Crippen LogP contribution in [0.3, 0.4) is 0 Å². The van der Waals surface area contributed by atoms with Crippen LogP contribution in [-0.2, 0) is 0 Å². The van der Waals surface area contributed by atoms with Crippen LogP contribution in [-0.4, -0.2) is 41.7 Å². The maximum absolute atomic E-state index is 12.5. The quantitative estimate of drug-likeness (QED) is 0.903. The summed E-state index contributed by atoms with van der Waals surface area (Å²) in [6.07, 6.45) is 0. The summed E-state index contributed by atoms with van der Waals surface area (Å²) >= 11 is 3.34. The van der Waals surface area contributed by atoms with Gasteiger partial charge in [-0.2, -0.15) is 0 Å². The lowest BCUT2D eigenvalue weighted by Crippen LogP contribution is -2.42. The highest BCUT2D eigenvalue weighted by Crippen LogP contribution is 2.25. The summed E-state index contributed by atoms with van der Waals surface area (Å²) in [7, 11) is 1.53. The summed E-state index contributed by atoms with van der Waals surface area (Å²) in [6.45, 7) is 6.06. The van der Waals surface area contributed by atoms with Crippen molar-refractivity contribution in [3.05, 3.63) is 28.2 Å². The fourth-order valence-electron chi connectivity index (χ4n) is 1.81. The minimum Gasteiger partial charge on any atom is -0.496 e. The topological polar surface area (TPSA) is 49.8 Å². The van der Waals surface area contributed by atoms with Gasteiger partial charge in [0.1, 0.15) is 5.75 Å². The Morgan fingerprint density at radius 3 is 2.58 bits per heavy atom. The largest absolute Gasteiger partial charge is 0.496 e. The van der Waals surface area contributed by atoms with Crippen molar-refractivity contribution < 1.29 is 14.6 Å². The van der Waals surface area contributed by atoms with Gasteiger partial charge in [0.15, 0.2) is 0 Å². The van der Waals surface area contributed by atoms with E-state index in [1.165, 1.54) is 7.11 Å². The summed E-state index contributed by atoms with van der Waals surface area (Å²) in [5, 5.41) is 9.85. The van der Waals surface area contributed by atoms with Gasteiger partial charge in [0, 0.05) is 17.6 Å². The first-order valence-corrected chi connectivity index (χ1v) is 6.93. The maximum atomic E-state index is 12.5. The fourth-order valence-corrected chi connectivity index (χ4v) is 2.15. The Morgan fingerprint density at radius 2 is 2.11 bits per heavy atom. The molecular formula is C14H20BrNO3. The molecule has 0 fully saturated rings. The second-order valence-electron chi connectivity index (χ2n) is 4.98. The highest BCUT2D eigenvalue weighted by Gasteiger charge is 2.24. The number of halogens is 1. The van der Waals surface area contributed by atoms with E-state index in [1.807, 2.05) is 6.92 Å². The van der Waals surface area contributed by atoms with Crippen LogP contribution in [0.1, 0.15) is 31.1 Å². The van der Waals surface area contributed by atoms with E-state index in [4.69, 9.17) is 4.74 Å². The molecule has 0 spiro atoms. The number of aliphatic hydroxyl groups is 1. The minimum absolute atomic E-state index is 0.144. The third-order valence-electron chi connectivity index (χ3n) is 2.64. The molecule has 0 aliphatic carbocycles. The first-order chi connectivity index (χ1) is 8.78. The molecule has 0 aromatic heterocycles. The molecule has 19 heavy (non-hydrogen) atoms. The van der Waals surface area contributed by atoms with Gasteiger partial charge in [0.2, 0.25) is 0 Å². The summed E-state index contributed by atoms with van der Waals surface area (Å²) in [6, 6.07) is 5.27. The number of rotatable bonds is 5. The SMILES string of the molecule is CCN(CC(C)(C)O)C(=O)c1ccc(Br)cc1OC. The van der Waals surface area contributed by atoms with Crippen LogP contribution in [0.25, 0.3) is 0 Å². The van der Waals surface area contributed by atoms with Crippen molar-refractivity contribution in [3.8, 4) is 5.75 Å². The van der Waals surface area contributed by atoms with Crippen molar-refractivity contribution in [2.75, 3.05) is 20.2 Å². The number of hydrogen-bond acceptors (Lipinski definition) is 3. The third-order valence-corrected chi connectivity index (χ3v) is 3.13. The second kappa shape index (κ2) is 6.39. The number of hydrogen-bond donors (Lipinski definition) is 1. The van der Waals surface area contributed by atoms with E-state index in [0.717, 1.165) is 4.47 Å². The monoisotopic (exact) mass is 329 g/mol. The molecule has 0 aliphatic rings. The molecule has 0 unspecified atom stereocenters. The van der Waals surface area contributed by atoms with Crippen molar-refractivity contribution in [3.63, 3.8) is 0 Å². The average Bonchev–Trinajstić information content (AvgIpc) is 2.33. The predicted octanol–water partition coefficient (Wildman–Crippen LogP) is 2.69. The zero-order chi connectivity index (χ0) is 14.6. The molecule has 1 aromatic carbocycles. The number of benzene rings is 1. The molecule has 0 saturated heterocycles. The number of carbonyl (C=O) groups excluding carboxylic acids is 1. The van der Waals surface area contributed by atoms with Gasteiger partial charge in [-0.25, -0.2) is 0 Å². The number of ether oxygens (including phenoxy) is 1. The average molecular weight is 330 g/mol. The molecule has 0 saturated carbocycles. The molecule has 1 rings (SSSR count). The van der Waals surface area contributed by atoms with Gasteiger partial charge in [0.25, 0.3) is 5.91 Å². The van der Waals surface area contributed by atoms with Crippen molar-refractivity contribution in [1.29, 1.82) is 0 Å². The summed E-state index contributed by atoms with van der Waals surface area (Å²) in [4.78, 5) is 14.1. The van der Waals surface area contributed by atoms with Gasteiger partial charge in [-0.15, -0.1) is 0 Å². The highest BCUT2D eigenvalue weighted by molar-refractivity contribution is 9.10. The Morgan fingerprint density at radius 1 is 1.47 bits per heavy atom. The molecular weight excluding hydrogens is 310 g/mol. The number of amides is 1. The van der Waals surface area contributed by atoms with Gasteiger partial charge in [0.05, 0.1) is 18.3 Å². The first-order valence-electron chi connectivity index (χ1n) is 6.13. The van der Waals surface area contributed by atoms with Crippen LogP contribution < -0.4 is 4.74 Å². The van der Waals surface area contributed by atoms with Crippen molar-refractivity contribution in [2.45, 2.75) is 26.4 Å². The molecule has 0 bridgehead atoms. The van der Waals surface area contributed by atoms with E-state index in [1.54, 1.807) is 36.9 Å². The molecule has 106 valence electrons. The maximum Gasteiger partial charge on any atom is 0.257 e. The lowest BCUT2D eigenvalue weighted by molar-refractivity contribution is 0.0313. The lowest BCUT2D eigenvalue weighted by atomic mass is 10.1. The summed E-state index contributed by atoms with van der Waals surface area (Å²) in [5.74, 6) is 0.377. The standard InChI is InChI=1S/C14H20BrNO3/c1-5-16(9-14(2,3)18)13(17)11-7-6-10(15)8-12(11)19-4/h6-8,18H,5,9H2,1-4H3. The zero-order valence-corrected chi connectivity index (χ0v) is 13.3. The van der Waals surface area contributed by atoms with Gasteiger partial charge in [-0.1, -0.05) is 15.9 Å². The third kappa shape index (κ3) is 4.51. The molecule has 1 aromatic rings. The first kappa shape index (κ1) is 16.0. The Bertz CT molecular complexity index is 454. The zero-order valence-electron chi connectivity index (χ0n) is 11.7. The molecule has 5 heteroatoms. The number of likely N-dealkylation sites (N-methyl/N-ethyl adjacent to an activating group) is 1. The van der Waals surface area contributed by atoms with E-state index in [-0.39, 0.29) is 12.5 Å². The van der Waals surface area contributed by atoms with E-state index >= 15 is 0 Å². The number of carbonyl (C=O) groups is 1. The number of nitrogens with zero attached hydrogens (tertiary/aromatic N) is 1. The van der Waals surface area contributed by atoms with Crippen LogP contribution in [0.5, 0.6) is 5.75 Å². The Balaban J connectivity index is 3.04. The van der Waals surface area contributed by atoms with E-state index in [2.05, 4.69) is 15.9 Å². The summed E-state index contributed by atoms with van der Waals surface area (Å²) in [5.41, 5.74) is -0.425. The van der Waals surface area contributed by atoms with Crippen molar-refractivity contribution in [1.82, 2.24) is 4.90 Å². The summed E-state index contributed by atoms with van der Waals surface area (Å²) < 4.78 is 6.09. The molecule has 0 aliphatic heterocycles.